The lowest BCUT2D eigenvalue weighted by atomic mass is 9.44. The van der Waals surface area contributed by atoms with Crippen molar-refractivity contribution in [3.05, 3.63) is 0 Å². The number of Topliss-reactive ketones (excluding diaryl/α,β-unsaturated/α-hetero) is 1. The quantitative estimate of drug-likeness (QED) is 0.534. The van der Waals surface area contributed by atoms with E-state index in [2.05, 4.69) is 13.8 Å². The van der Waals surface area contributed by atoms with Crippen molar-refractivity contribution in [2.24, 2.45) is 34.5 Å². The maximum Gasteiger partial charge on any atom is 0.302 e. The smallest absolute Gasteiger partial charge is 0.302 e. The topological polar surface area (TPSA) is 55.9 Å². The van der Waals surface area contributed by atoms with Crippen LogP contribution < -0.4 is 0 Å². The highest BCUT2D eigenvalue weighted by molar-refractivity contribution is 5.79. The van der Waals surface area contributed by atoms with Gasteiger partial charge in [0, 0.05) is 24.7 Å². The van der Waals surface area contributed by atoms with Crippen LogP contribution in [0.4, 0.5) is 0 Å². The second-order valence-corrected chi connectivity index (χ2v) is 10.8. The molecular weight excluding hydrogens is 340 g/mol. The van der Waals surface area contributed by atoms with E-state index in [-0.39, 0.29) is 34.4 Å². The molecule has 5 fully saturated rings. The molecule has 5 rings (SSSR count). The summed E-state index contributed by atoms with van der Waals surface area (Å²) in [5.74, 6) is 2.57. The van der Waals surface area contributed by atoms with Gasteiger partial charge in [0.05, 0.1) is 6.10 Å². The lowest BCUT2D eigenvalue weighted by Crippen LogP contribution is -2.59. The van der Waals surface area contributed by atoms with Crippen molar-refractivity contribution in [3.8, 4) is 0 Å². The number of hydrogen-bond acceptors (Lipinski definition) is 4. The largest absolute Gasteiger partial charge is 0.462 e. The van der Waals surface area contributed by atoms with Gasteiger partial charge >= 0.3 is 5.97 Å². The minimum atomic E-state index is -0.166. The highest BCUT2D eigenvalue weighted by atomic mass is 16.6. The number of ketones is 1. The van der Waals surface area contributed by atoms with Gasteiger partial charge in [-0.1, -0.05) is 13.8 Å². The summed E-state index contributed by atoms with van der Waals surface area (Å²) in [4.78, 5) is 23.7. The molecular formula is C23H34O4. The van der Waals surface area contributed by atoms with Crippen LogP contribution in [0.3, 0.4) is 0 Å². The molecule has 9 atom stereocenters. The zero-order chi connectivity index (χ0) is 19.2. The van der Waals surface area contributed by atoms with Crippen molar-refractivity contribution in [2.75, 3.05) is 0 Å². The number of carbonyl (C=O) groups excluding carboxylic acids is 2. The van der Waals surface area contributed by atoms with Crippen LogP contribution in [-0.4, -0.2) is 29.6 Å². The predicted molar refractivity (Wildman–Crippen MR) is 101 cm³/mol. The van der Waals surface area contributed by atoms with E-state index in [0.717, 1.165) is 32.1 Å². The van der Waals surface area contributed by atoms with Gasteiger partial charge in [-0.25, -0.2) is 0 Å². The van der Waals surface area contributed by atoms with E-state index in [1.54, 1.807) is 6.92 Å². The molecule has 1 spiro atoms. The average molecular weight is 375 g/mol. The number of epoxide rings is 1. The van der Waals surface area contributed by atoms with E-state index in [4.69, 9.17) is 9.47 Å². The van der Waals surface area contributed by atoms with E-state index in [9.17, 15) is 9.59 Å². The Balaban J connectivity index is 1.42. The molecule has 4 heteroatoms. The first-order valence-electron chi connectivity index (χ1n) is 11.1. The van der Waals surface area contributed by atoms with Crippen LogP contribution in [0.2, 0.25) is 0 Å². The summed E-state index contributed by atoms with van der Waals surface area (Å²) in [5, 5.41) is 0. The van der Waals surface area contributed by atoms with Crippen molar-refractivity contribution in [1.82, 2.24) is 0 Å². The molecule has 0 amide bonds. The molecule has 1 heterocycles. The van der Waals surface area contributed by atoms with Gasteiger partial charge in [-0.15, -0.1) is 0 Å². The third kappa shape index (κ3) is 2.25. The van der Waals surface area contributed by atoms with Crippen LogP contribution in [0.15, 0.2) is 0 Å². The fourth-order valence-corrected chi connectivity index (χ4v) is 8.64. The Bertz CT molecular complexity index is 688. The second kappa shape index (κ2) is 5.58. The van der Waals surface area contributed by atoms with Gasteiger partial charge < -0.3 is 9.47 Å². The number of hydrogen-bond donors (Lipinski definition) is 0. The zero-order valence-electron chi connectivity index (χ0n) is 17.3. The van der Waals surface area contributed by atoms with Gasteiger partial charge in [-0.2, -0.15) is 0 Å². The lowest BCUT2D eigenvalue weighted by molar-refractivity contribution is -0.158. The normalized spacial score (nSPS) is 55.6. The zero-order valence-corrected chi connectivity index (χ0v) is 17.3. The molecule has 3 unspecified atom stereocenters. The first-order chi connectivity index (χ1) is 12.7. The summed E-state index contributed by atoms with van der Waals surface area (Å²) < 4.78 is 12.1. The van der Waals surface area contributed by atoms with Crippen molar-refractivity contribution >= 4 is 11.8 Å². The molecule has 0 aromatic carbocycles. The predicted octanol–water partition coefficient (Wildman–Crippen LogP) is 4.30. The Morgan fingerprint density at radius 2 is 1.78 bits per heavy atom. The summed E-state index contributed by atoms with van der Waals surface area (Å²) in [6.45, 7) is 8.19. The average Bonchev–Trinajstić information content (AvgIpc) is 3.15. The van der Waals surface area contributed by atoms with Crippen LogP contribution in [0.1, 0.15) is 79.1 Å². The minimum Gasteiger partial charge on any atom is -0.462 e. The molecule has 4 saturated carbocycles. The Labute approximate surface area is 162 Å². The third-order valence-electron chi connectivity index (χ3n) is 9.86. The number of esters is 1. The van der Waals surface area contributed by atoms with E-state index in [1.807, 2.05) is 0 Å². The lowest BCUT2D eigenvalue weighted by Gasteiger charge is -2.59. The van der Waals surface area contributed by atoms with Crippen molar-refractivity contribution in [1.29, 1.82) is 0 Å². The van der Waals surface area contributed by atoms with Crippen molar-refractivity contribution < 1.29 is 19.1 Å². The number of carbonyl (C=O) groups is 2. The summed E-state index contributed by atoms with van der Waals surface area (Å²) in [6, 6.07) is 0. The van der Waals surface area contributed by atoms with E-state index >= 15 is 0 Å². The molecule has 0 N–H and O–H groups in total. The molecule has 1 aliphatic heterocycles. The summed E-state index contributed by atoms with van der Waals surface area (Å²) in [5.41, 5.74) is 0.346. The number of ether oxygens (including phenoxy) is 2. The summed E-state index contributed by atoms with van der Waals surface area (Å²) in [6.07, 6.45) is 9.18. The van der Waals surface area contributed by atoms with Gasteiger partial charge in [-0.3, -0.25) is 9.59 Å². The van der Waals surface area contributed by atoms with Gasteiger partial charge in [0.2, 0.25) is 0 Å². The molecule has 4 aliphatic carbocycles. The van der Waals surface area contributed by atoms with Gasteiger partial charge in [0.25, 0.3) is 0 Å². The van der Waals surface area contributed by atoms with Crippen LogP contribution in [0.5, 0.6) is 0 Å². The first kappa shape index (κ1) is 18.1. The van der Waals surface area contributed by atoms with E-state index in [0.29, 0.717) is 29.6 Å². The molecule has 0 bridgehead atoms. The summed E-state index contributed by atoms with van der Waals surface area (Å²) >= 11 is 0. The monoisotopic (exact) mass is 374 g/mol. The van der Waals surface area contributed by atoms with Gasteiger partial charge in [0.1, 0.15) is 17.5 Å². The van der Waals surface area contributed by atoms with Crippen LogP contribution in [0.25, 0.3) is 0 Å². The SMILES string of the molecule is CC(=O)OC1CC[C@]2(C)[C@H]3CC[C@]4(C)[C@@H](C(C)=O)CC[C@H]4[C@@H]3CC3OC32C1. The molecule has 27 heavy (non-hydrogen) atoms. The highest BCUT2D eigenvalue weighted by Crippen LogP contribution is 2.74. The van der Waals surface area contributed by atoms with Crippen molar-refractivity contribution in [3.63, 3.8) is 0 Å². The van der Waals surface area contributed by atoms with E-state index < -0.39 is 0 Å². The van der Waals surface area contributed by atoms with E-state index in [1.165, 1.54) is 26.2 Å². The van der Waals surface area contributed by atoms with Crippen LogP contribution in [0, 0.1) is 34.5 Å². The van der Waals surface area contributed by atoms with Gasteiger partial charge in [0.15, 0.2) is 0 Å². The van der Waals surface area contributed by atoms with Gasteiger partial charge in [-0.05, 0) is 75.0 Å². The molecule has 150 valence electrons. The second-order valence-electron chi connectivity index (χ2n) is 10.8. The maximum absolute atomic E-state index is 12.3. The Hall–Kier alpha value is -0.900. The minimum absolute atomic E-state index is 0.0274. The summed E-state index contributed by atoms with van der Waals surface area (Å²) in [7, 11) is 0. The molecule has 0 aromatic heterocycles. The third-order valence-corrected chi connectivity index (χ3v) is 9.86. The van der Waals surface area contributed by atoms with Crippen molar-refractivity contribution in [2.45, 2.75) is 96.9 Å². The fraction of sp³-hybridized carbons (Fsp3) is 0.913. The molecule has 1 saturated heterocycles. The molecule has 5 aliphatic rings. The molecule has 4 nitrogen and oxygen atoms in total. The number of rotatable bonds is 2. The van der Waals surface area contributed by atoms with Crippen LogP contribution >= 0.6 is 0 Å². The first-order valence-corrected chi connectivity index (χ1v) is 11.1. The molecule has 0 aromatic rings. The van der Waals surface area contributed by atoms with Crippen LogP contribution in [-0.2, 0) is 19.1 Å². The standard InChI is InChI=1S/C23H34O4/c1-13(24)17-5-6-18-16-11-20-23(27-20)12-15(26-14(2)25)7-10-22(23,4)19(16)8-9-21(17,18)3/h15-20H,5-12H2,1-4H3/t15?,16-,17+,18-,19-,20?,21+,22+,23?/m0/s1. The Morgan fingerprint density at radius 3 is 2.48 bits per heavy atom. The fourth-order valence-electron chi connectivity index (χ4n) is 8.64. The Kier molecular flexibility index (Phi) is 3.75. The molecule has 0 radical (unpaired) electrons. The maximum atomic E-state index is 12.3. The number of fused-ring (bicyclic) bond motifs is 4. The highest BCUT2D eigenvalue weighted by Gasteiger charge is 2.76. The Morgan fingerprint density at radius 1 is 1.00 bits per heavy atom.